The van der Waals surface area contributed by atoms with Gasteiger partial charge in [-0.3, -0.25) is 4.90 Å². The summed E-state index contributed by atoms with van der Waals surface area (Å²) in [6, 6.07) is 4.41. The van der Waals surface area contributed by atoms with Crippen LogP contribution in [-0.2, 0) is 6.61 Å². The van der Waals surface area contributed by atoms with E-state index in [0.717, 1.165) is 0 Å². The third-order valence-electron chi connectivity index (χ3n) is 3.31. The van der Waals surface area contributed by atoms with Crippen LogP contribution in [0.3, 0.4) is 0 Å². The maximum absolute atomic E-state index is 13.8. The molecule has 0 amide bonds. The van der Waals surface area contributed by atoms with E-state index in [1.807, 2.05) is 0 Å². The lowest BCUT2D eigenvalue weighted by molar-refractivity contribution is -0.146. The van der Waals surface area contributed by atoms with Gasteiger partial charge in [0.2, 0.25) is 0 Å². The molecule has 20 heavy (non-hydrogen) atoms. The van der Waals surface area contributed by atoms with Crippen LogP contribution in [0.4, 0.5) is 23.2 Å². The van der Waals surface area contributed by atoms with Gasteiger partial charge in [0, 0.05) is 26.2 Å². The molecule has 1 saturated heterocycles. The fraction of sp³-hybridized carbons (Fsp3) is 0.538. The third-order valence-corrected chi connectivity index (χ3v) is 3.31. The number of piperazine rings is 1. The number of nitrogens with zero attached hydrogens (tertiary/aromatic N) is 2. The fourth-order valence-corrected chi connectivity index (χ4v) is 2.31. The number of hydrogen-bond donors (Lipinski definition) is 1. The molecular formula is C13H16F4N2O. The highest BCUT2D eigenvalue weighted by atomic mass is 19.4. The van der Waals surface area contributed by atoms with Crippen LogP contribution >= 0.6 is 0 Å². The summed E-state index contributed by atoms with van der Waals surface area (Å²) in [5, 5.41) is 8.91. The zero-order valence-corrected chi connectivity index (χ0v) is 10.8. The summed E-state index contributed by atoms with van der Waals surface area (Å²) in [7, 11) is 0. The molecule has 0 radical (unpaired) electrons. The fourth-order valence-electron chi connectivity index (χ4n) is 2.31. The van der Waals surface area contributed by atoms with Crippen LogP contribution in [0.25, 0.3) is 0 Å². The van der Waals surface area contributed by atoms with Gasteiger partial charge in [0.25, 0.3) is 0 Å². The Hall–Kier alpha value is -1.34. The van der Waals surface area contributed by atoms with Crippen molar-refractivity contribution in [1.29, 1.82) is 0 Å². The molecule has 0 unspecified atom stereocenters. The molecule has 1 aromatic rings. The number of aliphatic hydroxyl groups is 1. The van der Waals surface area contributed by atoms with E-state index in [1.165, 1.54) is 11.0 Å². The van der Waals surface area contributed by atoms with E-state index >= 15 is 0 Å². The number of hydrogen-bond acceptors (Lipinski definition) is 3. The highest BCUT2D eigenvalue weighted by molar-refractivity contribution is 5.49. The van der Waals surface area contributed by atoms with Gasteiger partial charge in [-0.1, -0.05) is 6.07 Å². The van der Waals surface area contributed by atoms with Gasteiger partial charge < -0.3 is 10.0 Å². The van der Waals surface area contributed by atoms with E-state index in [2.05, 4.69) is 0 Å². The number of alkyl halides is 3. The molecule has 0 bridgehead atoms. The van der Waals surface area contributed by atoms with Crippen molar-refractivity contribution in [2.75, 3.05) is 37.6 Å². The Bertz CT molecular complexity index is 456. The average Bonchev–Trinajstić information content (AvgIpc) is 2.38. The van der Waals surface area contributed by atoms with Crippen LogP contribution in [-0.4, -0.2) is 48.9 Å². The summed E-state index contributed by atoms with van der Waals surface area (Å²) in [4.78, 5) is 3.04. The molecule has 0 aromatic heterocycles. The van der Waals surface area contributed by atoms with Crippen LogP contribution in [0.5, 0.6) is 0 Å². The van der Waals surface area contributed by atoms with Crippen LogP contribution < -0.4 is 4.90 Å². The molecule has 1 aliphatic heterocycles. The molecule has 1 aliphatic rings. The minimum Gasteiger partial charge on any atom is -0.392 e. The first-order chi connectivity index (χ1) is 9.39. The summed E-state index contributed by atoms with van der Waals surface area (Å²) in [5.74, 6) is -0.458. The molecule has 7 heteroatoms. The Balaban J connectivity index is 1.97. The molecule has 0 spiro atoms. The normalized spacial score (nSPS) is 17.6. The van der Waals surface area contributed by atoms with Crippen LogP contribution in [0.15, 0.2) is 18.2 Å². The number of aliphatic hydroxyl groups excluding tert-OH is 1. The number of halogens is 4. The lowest BCUT2D eigenvalue weighted by Crippen LogP contribution is -2.49. The van der Waals surface area contributed by atoms with Crippen molar-refractivity contribution in [3.8, 4) is 0 Å². The average molecular weight is 292 g/mol. The predicted octanol–water partition coefficient (Wildman–Crippen LogP) is 2.00. The first-order valence-corrected chi connectivity index (χ1v) is 6.32. The number of anilines is 1. The quantitative estimate of drug-likeness (QED) is 0.863. The second kappa shape index (κ2) is 5.97. The second-order valence-corrected chi connectivity index (χ2v) is 4.82. The summed E-state index contributed by atoms with van der Waals surface area (Å²) >= 11 is 0. The maximum Gasteiger partial charge on any atom is 0.401 e. The standard InChI is InChI=1S/C13H16F4N2O/c14-11-7-10(8-20)1-2-12(11)19-5-3-18(4-6-19)9-13(15,16)17/h1-2,7,20H,3-6,8-9H2. The van der Waals surface area contributed by atoms with Gasteiger partial charge in [-0.05, 0) is 17.7 Å². The predicted molar refractivity (Wildman–Crippen MR) is 67.0 cm³/mol. The number of benzene rings is 1. The Labute approximate surface area is 114 Å². The minimum atomic E-state index is -4.20. The molecule has 0 aliphatic carbocycles. The molecule has 3 nitrogen and oxygen atoms in total. The highest BCUT2D eigenvalue weighted by Crippen LogP contribution is 2.23. The zero-order chi connectivity index (χ0) is 14.8. The van der Waals surface area contributed by atoms with Crippen molar-refractivity contribution in [2.24, 2.45) is 0 Å². The van der Waals surface area contributed by atoms with Crippen molar-refractivity contribution in [2.45, 2.75) is 12.8 Å². The van der Waals surface area contributed by atoms with E-state index < -0.39 is 18.5 Å². The van der Waals surface area contributed by atoms with Crippen molar-refractivity contribution >= 4 is 5.69 Å². The van der Waals surface area contributed by atoms with Crippen molar-refractivity contribution < 1.29 is 22.7 Å². The second-order valence-electron chi connectivity index (χ2n) is 4.82. The number of rotatable bonds is 3. The molecule has 1 aromatic carbocycles. The molecule has 1 fully saturated rings. The van der Waals surface area contributed by atoms with E-state index in [4.69, 9.17) is 5.11 Å². The van der Waals surface area contributed by atoms with Crippen LogP contribution in [0.2, 0.25) is 0 Å². The summed E-state index contributed by atoms with van der Waals surface area (Å²) in [5.41, 5.74) is 0.843. The smallest absolute Gasteiger partial charge is 0.392 e. The summed E-state index contributed by atoms with van der Waals surface area (Å²) in [6.07, 6.45) is -4.20. The lowest BCUT2D eigenvalue weighted by Gasteiger charge is -2.36. The van der Waals surface area contributed by atoms with Crippen molar-refractivity contribution in [1.82, 2.24) is 4.90 Å². The largest absolute Gasteiger partial charge is 0.401 e. The van der Waals surface area contributed by atoms with Gasteiger partial charge in [0.1, 0.15) is 5.82 Å². The molecule has 1 N–H and O–H groups in total. The molecule has 1 heterocycles. The summed E-state index contributed by atoms with van der Waals surface area (Å²) < 4.78 is 50.7. The Kier molecular flexibility index (Phi) is 4.49. The molecular weight excluding hydrogens is 276 g/mol. The molecule has 0 atom stereocenters. The third kappa shape index (κ3) is 3.83. The zero-order valence-electron chi connectivity index (χ0n) is 10.8. The molecule has 2 rings (SSSR count). The van der Waals surface area contributed by atoms with Crippen LogP contribution in [0, 0.1) is 5.82 Å². The molecule has 112 valence electrons. The SMILES string of the molecule is OCc1ccc(N2CCN(CC(F)(F)F)CC2)c(F)c1. The Morgan fingerprint density at radius 3 is 2.25 bits per heavy atom. The van der Waals surface area contributed by atoms with E-state index in [9.17, 15) is 17.6 Å². The van der Waals surface area contributed by atoms with E-state index in [-0.39, 0.29) is 19.7 Å². The van der Waals surface area contributed by atoms with Gasteiger partial charge in [-0.2, -0.15) is 13.2 Å². The van der Waals surface area contributed by atoms with Gasteiger partial charge >= 0.3 is 6.18 Å². The van der Waals surface area contributed by atoms with Crippen molar-refractivity contribution in [3.63, 3.8) is 0 Å². The van der Waals surface area contributed by atoms with Crippen molar-refractivity contribution in [3.05, 3.63) is 29.6 Å². The minimum absolute atomic E-state index is 0.240. The van der Waals surface area contributed by atoms with Gasteiger partial charge in [-0.25, -0.2) is 4.39 Å². The first-order valence-electron chi connectivity index (χ1n) is 6.32. The molecule has 0 saturated carbocycles. The first kappa shape index (κ1) is 15.1. The lowest BCUT2D eigenvalue weighted by atomic mass is 10.1. The van der Waals surface area contributed by atoms with Gasteiger partial charge in [0.05, 0.1) is 18.8 Å². The maximum atomic E-state index is 13.8. The van der Waals surface area contributed by atoms with E-state index in [1.54, 1.807) is 17.0 Å². The Morgan fingerprint density at radius 2 is 1.75 bits per heavy atom. The van der Waals surface area contributed by atoms with E-state index in [0.29, 0.717) is 24.3 Å². The van der Waals surface area contributed by atoms with Crippen LogP contribution in [0.1, 0.15) is 5.56 Å². The van der Waals surface area contributed by atoms with Gasteiger partial charge in [-0.15, -0.1) is 0 Å². The van der Waals surface area contributed by atoms with Gasteiger partial charge in [0.15, 0.2) is 0 Å². The highest BCUT2D eigenvalue weighted by Gasteiger charge is 2.32. The topological polar surface area (TPSA) is 26.7 Å². The summed E-state index contributed by atoms with van der Waals surface area (Å²) in [6.45, 7) is 0.0433. The Morgan fingerprint density at radius 1 is 1.10 bits per heavy atom. The monoisotopic (exact) mass is 292 g/mol.